The monoisotopic (exact) mass is 299 g/mol. The van der Waals surface area contributed by atoms with Gasteiger partial charge in [-0.3, -0.25) is 0 Å². The zero-order valence-corrected chi connectivity index (χ0v) is 12.3. The van der Waals surface area contributed by atoms with E-state index in [0.717, 1.165) is 21.8 Å². The van der Waals surface area contributed by atoms with E-state index in [1.165, 1.54) is 0 Å². The number of aromatic nitrogens is 2. The van der Waals surface area contributed by atoms with Gasteiger partial charge in [0.05, 0.1) is 5.56 Å². The zero-order chi connectivity index (χ0) is 14.7. The molecule has 0 atom stereocenters. The van der Waals surface area contributed by atoms with Gasteiger partial charge in [0.25, 0.3) is 5.89 Å². The summed E-state index contributed by atoms with van der Waals surface area (Å²) in [6, 6.07) is 15.6. The van der Waals surface area contributed by atoms with Crippen LogP contribution in [0.2, 0.25) is 5.02 Å². The molecule has 0 amide bonds. The van der Waals surface area contributed by atoms with Gasteiger partial charge in [-0.2, -0.15) is 4.98 Å². The number of rotatable bonds is 4. The van der Waals surface area contributed by atoms with Crippen molar-refractivity contribution in [2.45, 2.75) is 13.5 Å². The summed E-state index contributed by atoms with van der Waals surface area (Å²) in [4.78, 5) is 4.27. The smallest absolute Gasteiger partial charge is 0.260 e. The van der Waals surface area contributed by atoms with Crippen LogP contribution in [0.15, 0.2) is 53.1 Å². The van der Waals surface area contributed by atoms with E-state index < -0.39 is 0 Å². The average Bonchev–Trinajstić information content (AvgIpc) is 2.93. The molecule has 5 heteroatoms. The third-order valence-corrected chi connectivity index (χ3v) is 3.48. The topological polar surface area (TPSA) is 51.0 Å². The number of aryl methyl sites for hydroxylation is 1. The third kappa shape index (κ3) is 3.06. The van der Waals surface area contributed by atoms with Gasteiger partial charge < -0.3 is 9.84 Å². The summed E-state index contributed by atoms with van der Waals surface area (Å²) in [5.74, 6) is 1.13. The van der Waals surface area contributed by atoms with Gasteiger partial charge in [-0.15, -0.1) is 0 Å². The third-order valence-electron chi connectivity index (χ3n) is 3.11. The van der Waals surface area contributed by atoms with Crippen molar-refractivity contribution in [2.75, 3.05) is 5.32 Å². The van der Waals surface area contributed by atoms with Gasteiger partial charge in [-0.25, -0.2) is 0 Å². The van der Waals surface area contributed by atoms with E-state index in [2.05, 4.69) is 15.5 Å². The molecule has 0 saturated heterocycles. The first-order valence-corrected chi connectivity index (χ1v) is 6.99. The average molecular weight is 300 g/mol. The lowest BCUT2D eigenvalue weighted by atomic mass is 10.1. The lowest BCUT2D eigenvalue weighted by Crippen LogP contribution is -2.01. The van der Waals surface area contributed by atoms with Crippen LogP contribution in [0, 0.1) is 6.92 Å². The van der Waals surface area contributed by atoms with Gasteiger partial charge in [0.1, 0.15) is 0 Å². The highest BCUT2D eigenvalue weighted by molar-refractivity contribution is 6.31. The predicted octanol–water partition coefficient (Wildman–Crippen LogP) is 4.31. The number of para-hydroxylation sites is 1. The maximum absolute atomic E-state index is 6.17. The molecule has 21 heavy (non-hydrogen) atoms. The van der Waals surface area contributed by atoms with E-state index in [-0.39, 0.29) is 0 Å². The first-order chi connectivity index (χ1) is 10.2. The second kappa shape index (κ2) is 5.97. The second-order valence-electron chi connectivity index (χ2n) is 4.64. The molecular weight excluding hydrogens is 286 g/mol. The van der Waals surface area contributed by atoms with Gasteiger partial charge in [-0.1, -0.05) is 47.1 Å². The van der Waals surface area contributed by atoms with Crippen molar-refractivity contribution in [3.8, 4) is 11.5 Å². The summed E-state index contributed by atoms with van der Waals surface area (Å²) in [7, 11) is 0. The molecule has 0 bridgehead atoms. The first-order valence-electron chi connectivity index (χ1n) is 6.61. The van der Waals surface area contributed by atoms with E-state index in [1.54, 1.807) is 6.92 Å². The second-order valence-corrected chi connectivity index (χ2v) is 5.04. The summed E-state index contributed by atoms with van der Waals surface area (Å²) in [5, 5.41) is 7.94. The Morgan fingerprint density at radius 2 is 1.86 bits per heavy atom. The number of hydrogen-bond acceptors (Lipinski definition) is 4. The van der Waals surface area contributed by atoms with E-state index >= 15 is 0 Å². The maximum Gasteiger partial charge on any atom is 0.260 e. The van der Waals surface area contributed by atoms with Crippen molar-refractivity contribution in [2.24, 2.45) is 0 Å². The Balaban J connectivity index is 1.85. The first kappa shape index (κ1) is 13.6. The van der Waals surface area contributed by atoms with Crippen LogP contribution in [0.5, 0.6) is 0 Å². The number of halogens is 1. The van der Waals surface area contributed by atoms with Crippen LogP contribution in [0.25, 0.3) is 11.5 Å². The minimum atomic E-state index is 0.509. The van der Waals surface area contributed by atoms with Gasteiger partial charge in [0.2, 0.25) is 0 Å². The summed E-state index contributed by atoms with van der Waals surface area (Å²) in [6.45, 7) is 2.43. The minimum absolute atomic E-state index is 0.509. The molecule has 0 saturated carbocycles. The molecular formula is C16H14ClN3O. The van der Waals surface area contributed by atoms with Crippen molar-refractivity contribution in [1.29, 1.82) is 0 Å². The highest BCUT2D eigenvalue weighted by atomic mass is 35.5. The largest absolute Gasteiger partial charge is 0.380 e. The molecule has 3 rings (SSSR count). The van der Waals surface area contributed by atoms with Crippen molar-refractivity contribution in [3.05, 3.63) is 64.9 Å². The lowest BCUT2D eigenvalue weighted by Gasteiger charge is -2.10. The number of nitrogens with one attached hydrogen (secondary N) is 1. The number of hydrogen-bond donors (Lipinski definition) is 1. The molecule has 0 spiro atoms. The molecule has 1 aromatic heterocycles. The quantitative estimate of drug-likeness (QED) is 0.780. The molecule has 0 aliphatic rings. The molecule has 106 valence electrons. The standard InChI is InChI=1S/C16H14ClN3O/c1-11-19-16(21-20-11)13-7-3-5-9-15(13)18-10-12-6-2-4-8-14(12)17/h2-9,18H,10H2,1H3. The van der Waals surface area contributed by atoms with Crippen molar-refractivity contribution >= 4 is 17.3 Å². The number of benzene rings is 2. The Bertz CT molecular complexity index is 755. The fourth-order valence-electron chi connectivity index (χ4n) is 2.06. The fourth-order valence-corrected chi connectivity index (χ4v) is 2.26. The Morgan fingerprint density at radius 3 is 2.62 bits per heavy atom. The number of anilines is 1. The van der Waals surface area contributed by atoms with Gasteiger partial charge in [-0.05, 0) is 30.7 Å². The van der Waals surface area contributed by atoms with E-state index in [0.29, 0.717) is 18.3 Å². The molecule has 0 aliphatic heterocycles. The molecule has 0 aliphatic carbocycles. The zero-order valence-electron chi connectivity index (χ0n) is 11.5. The van der Waals surface area contributed by atoms with Crippen LogP contribution < -0.4 is 5.32 Å². The summed E-state index contributed by atoms with van der Waals surface area (Å²) < 4.78 is 5.24. The van der Waals surface area contributed by atoms with E-state index in [4.69, 9.17) is 16.1 Å². The van der Waals surface area contributed by atoms with Crippen molar-refractivity contribution in [3.63, 3.8) is 0 Å². The van der Waals surface area contributed by atoms with Crippen molar-refractivity contribution < 1.29 is 4.52 Å². The van der Waals surface area contributed by atoms with E-state index in [9.17, 15) is 0 Å². The Hall–Kier alpha value is -2.33. The SMILES string of the molecule is Cc1noc(-c2ccccc2NCc2ccccc2Cl)n1. The molecule has 2 aromatic carbocycles. The van der Waals surface area contributed by atoms with Crippen LogP contribution in [0.3, 0.4) is 0 Å². The summed E-state index contributed by atoms with van der Waals surface area (Å²) in [5.41, 5.74) is 2.85. The number of nitrogens with zero attached hydrogens (tertiary/aromatic N) is 2. The van der Waals surface area contributed by atoms with Crippen molar-refractivity contribution in [1.82, 2.24) is 10.1 Å². The van der Waals surface area contributed by atoms with Crippen LogP contribution in [0.4, 0.5) is 5.69 Å². The Kier molecular flexibility index (Phi) is 3.88. The molecule has 1 N–H and O–H groups in total. The molecule has 0 fully saturated rings. The van der Waals surface area contributed by atoms with Crippen LogP contribution in [0.1, 0.15) is 11.4 Å². The molecule has 4 nitrogen and oxygen atoms in total. The van der Waals surface area contributed by atoms with Crippen LogP contribution >= 0.6 is 11.6 Å². The van der Waals surface area contributed by atoms with Gasteiger partial charge in [0.15, 0.2) is 5.82 Å². The minimum Gasteiger partial charge on any atom is -0.380 e. The fraction of sp³-hybridized carbons (Fsp3) is 0.125. The molecule has 3 aromatic rings. The predicted molar refractivity (Wildman–Crippen MR) is 83.2 cm³/mol. The molecule has 0 radical (unpaired) electrons. The molecule has 1 heterocycles. The Morgan fingerprint density at radius 1 is 1.10 bits per heavy atom. The molecule has 0 unspecified atom stereocenters. The summed E-state index contributed by atoms with van der Waals surface area (Å²) >= 11 is 6.17. The summed E-state index contributed by atoms with van der Waals surface area (Å²) in [6.07, 6.45) is 0. The normalized spacial score (nSPS) is 10.6. The van der Waals surface area contributed by atoms with Crippen LogP contribution in [-0.2, 0) is 6.54 Å². The van der Waals surface area contributed by atoms with Gasteiger partial charge >= 0.3 is 0 Å². The van der Waals surface area contributed by atoms with Crippen LogP contribution in [-0.4, -0.2) is 10.1 Å². The lowest BCUT2D eigenvalue weighted by molar-refractivity contribution is 0.426. The Labute approximate surface area is 127 Å². The van der Waals surface area contributed by atoms with Gasteiger partial charge in [0, 0.05) is 17.3 Å². The highest BCUT2D eigenvalue weighted by Crippen LogP contribution is 2.27. The van der Waals surface area contributed by atoms with E-state index in [1.807, 2.05) is 48.5 Å². The maximum atomic E-state index is 6.17. The highest BCUT2D eigenvalue weighted by Gasteiger charge is 2.11.